The second-order valence-corrected chi connectivity index (χ2v) is 5.04. The number of ether oxygens (including phenoxy) is 1. The summed E-state index contributed by atoms with van der Waals surface area (Å²) in [7, 11) is 0. The Labute approximate surface area is 108 Å². The summed E-state index contributed by atoms with van der Waals surface area (Å²) in [4.78, 5) is 0. The van der Waals surface area contributed by atoms with Crippen molar-refractivity contribution in [2.45, 2.75) is 39.5 Å². The summed E-state index contributed by atoms with van der Waals surface area (Å²) in [5.41, 5.74) is 4.69. The molecular formula is C15H19ClO. The molecule has 0 saturated carbocycles. The quantitative estimate of drug-likeness (QED) is 0.742. The highest BCUT2D eigenvalue weighted by Crippen LogP contribution is 2.38. The van der Waals surface area contributed by atoms with E-state index in [0.29, 0.717) is 0 Å². The van der Waals surface area contributed by atoms with Gasteiger partial charge in [0, 0.05) is 16.1 Å². The smallest absolute Gasteiger partial charge is 0.127 e. The second kappa shape index (κ2) is 5.14. The third-order valence-electron chi connectivity index (χ3n) is 3.31. The number of rotatable bonds is 2. The highest BCUT2D eigenvalue weighted by Gasteiger charge is 2.19. The van der Waals surface area contributed by atoms with Crippen LogP contribution in [0, 0.1) is 0 Å². The Morgan fingerprint density at radius 3 is 2.88 bits per heavy atom. The molecule has 0 saturated heterocycles. The maximum absolute atomic E-state index is 6.34. The van der Waals surface area contributed by atoms with E-state index in [2.05, 4.69) is 19.6 Å². The van der Waals surface area contributed by atoms with Gasteiger partial charge in [-0.25, -0.2) is 0 Å². The molecule has 1 aliphatic rings. The lowest BCUT2D eigenvalue weighted by Crippen LogP contribution is -2.02. The highest BCUT2D eigenvalue weighted by atomic mass is 35.5. The topological polar surface area (TPSA) is 9.23 Å². The van der Waals surface area contributed by atoms with Crippen molar-refractivity contribution in [1.29, 1.82) is 0 Å². The zero-order chi connectivity index (χ0) is 12.4. The number of benzene rings is 1. The molecule has 1 aromatic carbocycles. The highest BCUT2D eigenvalue weighted by molar-refractivity contribution is 6.31. The molecule has 1 nitrogen and oxygen atoms in total. The Bertz CT molecular complexity index is 449. The van der Waals surface area contributed by atoms with Crippen LogP contribution in [0.5, 0.6) is 5.75 Å². The molecule has 1 aliphatic heterocycles. The molecule has 0 aliphatic carbocycles. The van der Waals surface area contributed by atoms with E-state index in [1.807, 2.05) is 6.92 Å². The molecule has 0 fully saturated rings. The summed E-state index contributed by atoms with van der Waals surface area (Å²) >= 11 is 6.34. The summed E-state index contributed by atoms with van der Waals surface area (Å²) in [5.74, 6) is 1.02. The SMILES string of the molecule is C=C(C)c1cc(Cl)c(CC)c2c1CCCCO2. The first-order chi connectivity index (χ1) is 8.15. The monoisotopic (exact) mass is 250 g/mol. The van der Waals surface area contributed by atoms with Crippen LogP contribution in [-0.2, 0) is 12.8 Å². The van der Waals surface area contributed by atoms with E-state index < -0.39 is 0 Å². The summed E-state index contributed by atoms with van der Waals surface area (Å²) < 4.78 is 5.92. The minimum atomic E-state index is 0.802. The molecular weight excluding hydrogens is 232 g/mol. The average Bonchev–Trinajstić information content (AvgIpc) is 2.53. The Morgan fingerprint density at radius 2 is 2.24 bits per heavy atom. The van der Waals surface area contributed by atoms with Crippen LogP contribution in [0.25, 0.3) is 5.57 Å². The third kappa shape index (κ3) is 2.35. The number of halogens is 1. The molecule has 1 aromatic rings. The van der Waals surface area contributed by atoms with Gasteiger partial charge in [0.05, 0.1) is 6.61 Å². The van der Waals surface area contributed by atoms with Crippen LogP contribution in [0.2, 0.25) is 5.02 Å². The van der Waals surface area contributed by atoms with Crippen LogP contribution in [0.4, 0.5) is 0 Å². The lowest BCUT2D eigenvalue weighted by atomic mass is 9.94. The van der Waals surface area contributed by atoms with Crippen molar-refractivity contribution < 1.29 is 4.74 Å². The largest absolute Gasteiger partial charge is 0.493 e. The van der Waals surface area contributed by atoms with Gasteiger partial charge in [0.1, 0.15) is 5.75 Å². The van der Waals surface area contributed by atoms with E-state index in [9.17, 15) is 0 Å². The van der Waals surface area contributed by atoms with E-state index in [1.54, 1.807) is 0 Å². The van der Waals surface area contributed by atoms with E-state index in [-0.39, 0.29) is 0 Å². The first-order valence-corrected chi connectivity index (χ1v) is 6.65. The van der Waals surface area contributed by atoms with Crippen LogP contribution in [-0.4, -0.2) is 6.61 Å². The molecule has 0 N–H and O–H groups in total. The van der Waals surface area contributed by atoms with Crippen LogP contribution in [0.3, 0.4) is 0 Å². The molecule has 0 unspecified atom stereocenters. The Kier molecular flexibility index (Phi) is 3.78. The molecule has 0 aromatic heterocycles. The van der Waals surface area contributed by atoms with Crippen molar-refractivity contribution in [2.75, 3.05) is 6.61 Å². The second-order valence-electron chi connectivity index (χ2n) is 4.63. The van der Waals surface area contributed by atoms with Gasteiger partial charge in [-0.2, -0.15) is 0 Å². The van der Waals surface area contributed by atoms with Crippen molar-refractivity contribution in [1.82, 2.24) is 0 Å². The van der Waals surface area contributed by atoms with Crippen molar-refractivity contribution in [2.24, 2.45) is 0 Å². The number of hydrogen-bond acceptors (Lipinski definition) is 1. The zero-order valence-corrected chi connectivity index (χ0v) is 11.4. The molecule has 1 heterocycles. The van der Waals surface area contributed by atoms with Gasteiger partial charge in [-0.15, -0.1) is 0 Å². The van der Waals surface area contributed by atoms with Crippen molar-refractivity contribution in [3.8, 4) is 5.75 Å². The summed E-state index contributed by atoms with van der Waals surface area (Å²) in [6.07, 6.45) is 4.28. The summed E-state index contributed by atoms with van der Waals surface area (Å²) in [6.45, 7) is 9.00. The van der Waals surface area contributed by atoms with E-state index in [4.69, 9.17) is 16.3 Å². The third-order valence-corrected chi connectivity index (χ3v) is 3.65. The van der Waals surface area contributed by atoms with Gasteiger partial charge in [0.2, 0.25) is 0 Å². The van der Waals surface area contributed by atoms with Gasteiger partial charge >= 0.3 is 0 Å². The van der Waals surface area contributed by atoms with Gasteiger partial charge in [0.15, 0.2) is 0 Å². The minimum Gasteiger partial charge on any atom is -0.493 e. The number of hydrogen-bond donors (Lipinski definition) is 0. The fraction of sp³-hybridized carbons (Fsp3) is 0.467. The standard InChI is InChI=1S/C15H19ClO/c1-4-11-14(16)9-13(10(2)3)12-7-5-6-8-17-15(11)12/h9H,2,4-8H2,1,3H3. The van der Waals surface area contributed by atoms with Gasteiger partial charge < -0.3 is 4.74 Å². The minimum absolute atomic E-state index is 0.802. The summed E-state index contributed by atoms with van der Waals surface area (Å²) in [5, 5.41) is 0.811. The van der Waals surface area contributed by atoms with Gasteiger partial charge in [-0.1, -0.05) is 30.7 Å². The lowest BCUT2D eigenvalue weighted by Gasteiger charge is -2.18. The van der Waals surface area contributed by atoms with Crippen molar-refractivity contribution in [3.05, 3.63) is 34.4 Å². The average molecular weight is 251 g/mol. The molecule has 0 amide bonds. The first-order valence-electron chi connectivity index (χ1n) is 6.28. The molecule has 92 valence electrons. The molecule has 0 bridgehead atoms. The zero-order valence-electron chi connectivity index (χ0n) is 10.6. The van der Waals surface area contributed by atoms with E-state index in [0.717, 1.165) is 47.8 Å². The number of fused-ring (bicyclic) bond motifs is 1. The maximum Gasteiger partial charge on any atom is 0.127 e. The van der Waals surface area contributed by atoms with Crippen LogP contribution < -0.4 is 4.74 Å². The van der Waals surface area contributed by atoms with Crippen LogP contribution >= 0.6 is 11.6 Å². The normalized spacial score (nSPS) is 14.8. The molecule has 17 heavy (non-hydrogen) atoms. The van der Waals surface area contributed by atoms with Crippen LogP contribution in [0.15, 0.2) is 12.6 Å². The molecule has 0 radical (unpaired) electrons. The molecule has 0 atom stereocenters. The van der Waals surface area contributed by atoms with Crippen LogP contribution in [0.1, 0.15) is 43.4 Å². The lowest BCUT2D eigenvalue weighted by molar-refractivity contribution is 0.314. The maximum atomic E-state index is 6.34. The Morgan fingerprint density at radius 1 is 1.47 bits per heavy atom. The fourth-order valence-electron chi connectivity index (χ4n) is 2.42. The van der Waals surface area contributed by atoms with Gasteiger partial charge in [-0.3, -0.25) is 0 Å². The fourth-order valence-corrected chi connectivity index (χ4v) is 2.75. The van der Waals surface area contributed by atoms with E-state index >= 15 is 0 Å². The van der Waals surface area contributed by atoms with Crippen molar-refractivity contribution in [3.63, 3.8) is 0 Å². The Balaban J connectivity index is 2.65. The molecule has 0 spiro atoms. The molecule has 2 rings (SSSR count). The Hall–Kier alpha value is -0.950. The predicted octanol–water partition coefficient (Wildman–Crippen LogP) is 4.65. The van der Waals surface area contributed by atoms with Crippen molar-refractivity contribution >= 4 is 17.2 Å². The molecule has 2 heteroatoms. The predicted molar refractivity (Wildman–Crippen MR) is 74.0 cm³/mol. The number of allylic oxidation sites excluding steroid dienone is 1. The van der Waals surface area contributed by atoms with E-state index in [1.165, 1.54) is 17.5 Å². The first kappa shape index (κ1) is 12.5. The van der Waals surface area contributed by atoms with Gasteiger partial charge in [0.25, 0.3) is 0 Å². The summed E-state index contributed by atoms with van der Waals surface area (Å²) in [6, 6.07) is 2.05. The van der Waals surface area contributed by atoms with Gasteiger partial charge in [-0.05, 0) is 44.2 Å².